The van der Waals surface area contributed by atoms with Crippen molar-refractivity contribution in [2.75, 3.05) is 25.4 Å². The van der Waals surface area contributed by atoms with Crippen molar-refractivity contribution in [1.29, 1.82) is 0 Å². The Kier molecular flexibility index (Phi) is 5.21. The minimum atomic E-state index is -3.31. The first-order valence-electron chi connectivity index (χ1n) is 8.44. The summed E-state index contributed by atoms with van der Waals surface area (Å²) in [6, 6.07) is 1.51. The summed E-state index contributed by atoms with van der Waals surface area (Å²) in [5.41, 5.74) is 0.818. The van der Waals surface area contributed by atoms with E-state index in [2.05, 4.69) is 5.10 Å². The van der Waals surface area contributed by atoms with Gasteiger partial charge in [-0.05, 0) is 25.3 Å². The zero-order chi connectivity index (χ0) is 17.2. The molecule has 0 aromatic carbocycles. The van der Waals surface area contributed by atoms with E-state index in [1.807, 2.05) is 13.0 Å². The lowest BCUT2D eigenvalue weighted by Gasteiger charge is -2.34. The minimum absolute atomic E-state index is 0.115. The fraction of sp³-hybridized carbons (Fsp3) is 0.733. The topological polar surface area (TPSA) is 84.7 Å². The third kappa shape index (κ3) is 3.62. The van der Waals surface area contributed by atoms with Crippen LogP contribution in [-0.2, 0) is 26.2 Å². The van der Waals surface area contributed by atoms with E-state index >= 15 is 0 Å². The maximum absolute atomic E-state index is 12.5. The van der Waals surface area contributed by atoms with Gasteiger partial charge >= 0.3 is 0 Å². The molecule has 1 aromatic heterocycles. The Morgan fingerprint density at radius 3 is 2.96 bits per heavy atom. The predicted octanol–water partition coefficient (Wildman–Crippen LogP) is 0.924. The summed E-state index contributed by atoms with van der Waals surface area (Å²) in [4.78, 5) is 17.9. The molecule has 0 aliphatic carbocycles. The van der Waals surface area contributed by atoms with Crippen molar-refractivity contribution in [3.63, 3.8) is 0 Å². The number of carbonyl (C=O) groups is 1. The molecule has 134 valence electrons. The van der Waals surface area contributed by atoms with Crippen LogP contribution in [-0.4, -0.2) is 58.9 Å². The second-order valence-electron chi connectivity index (χ2n) is 6.27. The van der Waals surface area contributed by atoms with Crippen LogP contribution >= 0.6 is 0 Å². The second-order valence-corrected chi connectivity index (χ2v) is 8.36. The van der Waals surface area contributed by atoms with E-state index in [0.717, 1.165) is 18.5 Å². The third-order valence-electron chi connectivity index (χ3n) is 4.40. The number of hydroxylamine groups is 2. The average Bonchev–Trinajstić information content (AvgIpc) is 3.04. The highest BCUT2D eigenvalue weighted by Gasteiger charge is 2.34. The molecule has 1 aromatic rings. The molecule has 0 radical (unpaired) electrons. The second kappa shape index (κ2) is 7.20. The molecule has 0 bridgehead atoms. The molecule has 0 spiro atoms. The van der Waals surface area contributed by atoms with Gasteiger partial charge < -0.3 is 0 Å². The largest absolute Gasteiger partial charge is 0.273 e. The number of hydrogen-bond donors (Lipinski definition) is 0. The van der Waals surface area contributed by atoms with Gasteiger partial charge in [0.15, 0.2) is 0 Å². The van der Waals surface area contributed by atoms with E-state index in [-0.39, 0.29) is 30.7 Å². The first-order valence-corrected chi connectivity index (χ1v) is 10.1. The van der Waals surface area contributed by atoms with Gasteiger partial charge in [0.05, 0.1) is 37.1 Å². The van der Waals surface area contributed by atoms with Crippen LogP contribution in [0.4, 0.5) is 0 Å². The summed E-state index contributed by atoms with van der Waals surface area (Å²) in [5, 5.41) is 5.69. The molecule has 0 saturated carbocycles. The summed E-state index contributed by atoms with van der Waals surface area (Å²) in [6.07, 6.45) is 4.30. The highest BCUT2D eigenvalue weighted by atomic mass is 32.2. The van der Waals surface area contributed by atoms with Crippen molar-refractivity contribution < 1.29 is 18.0 Å². The van der Waals surface area contributed by atoms with E-state index < -0.39 is 10.0 Å². The maximum Gasteiger partial charge on any atom is 0.248 e. The molecule has 1 fully saturated rings. The SMILES string of the molecule is CCCS(=O)(=O)N1Cc2ccnn2[C@@H](CC(=O)N2CCCCO2)C1. The third-order valence-corrected chi connectivity index (χ3v) is 6.39. The summed E-state index contributed by atoms with van der Waals surface area (Å²) in [6.45, 7) is 3.58. The molecule has 3 rings (SSSR count). The summed E-state index contributed by atoms with van der Waals surface area (Å²) >= 11 is 0. The normalized spacial score (nSPS) is 22.4. The molecule has 1 saturated heterocycles. The minimum Gasteiger partial charge on any atom is -0.273 e. The van der Waals surface area contributed by atoms with Crippen molar-refractivity contribution in [2.45, 2.75) is 45.2 Å². The smallest absolute Gasteiger partial charge is 0.248 e. The zero-order valence-corrected chi connectivity index (χ0v) is 14.7. The van der Waals surface area contributed by atoms with Crippen LogP contribution < -0.4 is 0 Å². The monoisotopic (exact) mass is 356 g/mol. The highest BCUT2D eigenvalue weighted by Crippen LogP contribution is 2.26. The molecule has 2 aliphatic rings. The Morgan fingerprint density at radius 1 is 1.42 bits per heavy atom. The van der Waals surface area contributed by atoms with Gasteiger partial charge in [0.2, 0.25) is 15.9 Å². The Morgan fingerprint density at radius 2 is 2.25 bits per heavy atom. The van der Waals surface area contributed by atoms with Gasteiger partial charge in [-0.3, -0.25) is 14.3 Å². The van der Waals surface area contributed by atoms with Crippen molar-refractivity contribution in [1.82, 2.24) is 19.1 Å². The van der Waals surface area contributed by atoms with Crippen molar-refractivity contribution in [3.8, 4) is 0 Å². The van der Waals surface area contributed by atoms with E-state index in [4.69, 9.17) is 4.84 Å². The fourth-order valence-corrected chi connectivity index (χ4v) is 4.70. The number of hydrogen-bond acceptors (Lipinski definition) is 5. The van der Waals surface area contributed by atoms with E-state index in [1.165, 1.54) is 9.37 Å². The van der Waals surface area contributed by atoms with Crippen molar-refractivity contribution >= 4 is 15.9 Å². The lowest BCUT2D eigenvalue weighted by Crippen LogP contribution is -2.44. The van der Waals surface area contributed by atoms with Crippen LogP contribution in [0.3, 0.4) is 0 Å². The van der Waals surface area contributed by atoms with Gasteiger partial charge in [0, 0.05) is 19.3 Å². The van der Waals surface area contributed by atoms with Crippen LogP contribution in [0.5, 0.6) is 0 Å². The first kappa shape index (κ1) is 17.4. The average molecular weight is 356 g/mol. The number of nitrogens with zero attached hydrogens (tertiary/aromatic N) is 4. The van der Waals surface area contributed by atoms with Crippen LogP contribution in [0.2, 0.25) is 0 Å². The van der Waals surface area contributed by atoms with Crippen molar-refractivity contribution in [3.05, 3.63) is 18.0 Å². The first-order chi connectivity index (χ1) is 11.5. The van der Waals surface area contributed by atoms with E-state index in [9.17, 15) is 13.2 Å². The van der Waals surface area contributed by atoms with Crippen LogP contribution in [0, 0.1) is 0 Å². The van der Waals surface area contributed by atoms with Gasteiger partial charge in [0.1, 0.15) is 0 Å². The molecule has 2 aliphatic heterocycles. The van der Waals surface area contributed by atoms with Gasteiger partial charge in [-0.25, -0.2) is 13.5 Å². The summed E-state index contributed by atoms with van der Waals surface area (Å²) < 4.78 is 28.1. The van der Waals surface area contributed by atoms with E-state index in [0.29, 0.717) is 26.1 Å². The number of rotatable bonds is 5. The van der Waals surface area contributed by atoms with Gasteiger partial charge in [0.25, 0.3) is 0 Å². The number of fused-ring (bicyclic) bond motifs is 1. The lowest BCUT2D eigenvalue weighted by atomic mass is 10.1. The van der Waals surface area contributed by atoms with Crippen molar-refractivity contribution in [2.24, 2.45) is 0 Å². The quantitative estimate of drug-likeness (QED) is 0.783. The Bertz CT molecular complexity index is 681. The fourth-order valence-electron chi connectivity index (χ4n) is 3.20. The van der Waals surface area contributed by atoms with Gasteiger partial charge in [-0.15, -0.1) is 0 Å². The number of amides is 1. The molecule has 24 heavy (non-hydrogen) atoms. The number of carbonyl (C=O) groups excluding carboxylic acids is 1. The van der Waals surface area contributed by atoms with Gasteiger partial charge in [-0.2, -0.15) is 9.40 Å². The Hall–Kier alpha value is -1.45. The van der Waals surface area contributed by atoms with Gasteiger partial charge in [-0.1, -0.05) is 6.92 Å². The van der Waals surface area contributed by atoms with Crippen LogP contribution in [0.1, 0.15) is 44.3 Å². The molecular weight excluding hydrogens is 332 g/mol. The number of sulfonamides is 1. The number of aromatic nitrogens is 2. The predicted molar refractivity (Wildman–Crippen MR) is 87.3 cm³/mol. The Labute approximate surface area is 142 Å². The molecule has 3 heterocycles. The Balaban J connectivity index is 1.75. The van der Waals surface area contributed by atoms with Crippen LogP contribution in [0.25, 0.3) is 0 Å². The molecule has 1 atom stereocenters. The lowest BCUT2D eigenvalue weighted by molar-refractivity contribution is -0.198. The van der Waals surface area contributed by atoms with E-state index in [1.54, 1.807) is 10.9 Å². The standard InChI is InChI=1S/C15H24N4O4S/c1-2-9-24(21,22)17-11-13-5-6-16-19(13)14(12-17)10-15(20)18-7-3-4-8-23-18/h5-6,14H,2-4,7-12H2,1H3/t14-/m0/s1. The van der Waals surface area contributed by atoms with Crippen LogP contribution in [0.15, 0.2) is 12.3 Å². The summed E-state index contributed by atoms with van der Waals surface area (Å²) in [5.74, 6) is 0.00715. The zero-order valence-electron chi connectivity index (χ0n) is 13.9. The molecule has 1 amide bonds. The summed E-state index contributed by atoms with van der Waals surface area (Å²) in [7, 11) is -3.31. The molecular formula is C15H24N4O4S. The maximum atomic E-state index is 12.5. The molecule has 9 heteroatoms. The molecule has 0 unspecified atom stereocenters. The molecule has 8 nitrogen and oxygen atoms in total. The molecule has 0 N–H and O–H groups in total. The highest BCUT2D eigenvalue weighted by molar-refractivity contribution is 7.89.